The van der Waals surface area contributed by atoms with Crippen molar-refractivity contribution in [3.05, 3.63) is 0 Å². The lowest BCUT2D eigenvalue weighted by Gasteiger charge is -2.28. The van der Waals surface area contributed by atoms with Crippen LogP contribution >= 0.6 is 0 Å². The van der Waals surface area contributed by atoms with Gasteiger partial charge in [-0.15, -0.1) is 0 Å². The van der Waals surface area contributed by atoms with Gasteiger partial charge in [0.05, 0.1) is 0 Å². The number of aliphatic carboxylic acids is 1. The minimum atomic E-state index is -0.946. The van der Waals surface area contributed by atoms with Crippen molar-refractivity contribution in [1.29, 1.82) is 0 Å². The molecule has 2 fully saturated rings. The zero-order valence-electron chi connectivity index (χ0n) is 9.39. The summed E-state index contributed by atoms with van der Waals surface area (Å²) in [5.74, 6) is -1.09. The van der Waals surface area contributed by atoms with Crippen LogP contribution in [0.4, 0.5) is 0 Å². The first-order chi connectivity index (χ1) is 7.61. The number of ether oxygens (including phenoxy) is 1. The number of nitrogens with zero attached hydrogens (tertiary/aromatic N) is 1. The summed E-state index contributed by atoms with van der Waals surface area (Å²) in [5.41, 5.74) is 0. The van der Waals surface area contributed by atoms with Crippen LogP contribution in [0.3, 0.4) is 0 Å². The normalized spacial score (nSPS) is 26.4. The van der Waals surface area contributed by atoms with Crippen molar-refractivity contribution >= 4 is 11.9 Å². The monoisotopic (exact) mass is 227 g/mol. The molecule has 16 heavy (non-hydrogen) atoms. The third-order valence-electron chi connectivity index (χ3n) is 3.17. The lowest BCUT2D eigenvalue weighted by atomic mass is 10.2. The van der Waals surface area contributed by atoms with Gasteiger partial charge in [-0.2, -0.15) is 0 Å². The SMILES string of the molecule is CC(C(=O)O)N(C(=O)[C@@H]1CCCO1)C1CC1. The number of rotatable bonds is 4. The predicted octanol–water partition coefficient (Wildman–Crippen LogP) is 0.629. The van der Waals surface area contributed by atoms with E-state index in [9.17, 15) is 9.59 Å². The Morgan fingerprint density at radius 1 is 1.38 bits per heavy atom. The summed E-state index contributed by atoms with van der Waals surface area (Å²) in [5, 5.41) is 8.99. The summed E-state index contributed by atoms with van der Waals surface area (Å²) < 4.78 is 5.32. The molecule has 0 radical (unpaired) electrons. The molecule has 1 unspecified atom stereocenters. The van der Waals surface area contributed by atoms with E-state index < -0.39 is 18.1 Å². The van der Waals surface area contributed by atoms with E-state index in [2.05, 4.69) is 0 Å². The molecule has 0 aromatic rings. The van der Waals surface area contributed by atoms with E-state index in [4.69, 9.17) is 9.84 Å². The summed E-state index contributed by atoms with van der Waals surface area (Å²) in [6.45, 7) is 2.17. The fourth-order valence-corrected chi connectivity index (χ4v) is 2.10. The van der Waals surface area contributed by atoms with Crippen molar-refractivity contribution in [3.63, 3.8) is 0 Å². The first kappa shape index (κ1) is 11.4. The maximum absolute atomic E-state index is 12.1. The lowest BCUT2D eigenvalue weighted by Crippen LogP contribution is -2.48. The van der Waals surface area contributed by atoms with Gasteiger partial charge in [0.2, 0.25) is 0 Å². The van der Waals surface area contributed by atoms with E-state index in [1.165, 1.54) is 4.90 Å². The van der Waals surface area contributed by atoms with Crippen molar-refractivity contribution < 1.29 is 19.4 Å². The Bertz CT molecular complexity index is 294. The highest BCUT2D eigenvalue weighted by atomic mass is 16.5. The highest BCUT2D eigenvalue weighted by Gasteiger charge is 2.41. The van der Waals surface area contributed by atoms with Crippen LogP contribution in [0.1, 0.15) is 32.6 Å². The minimum absolute atomic E-state index is 0.114. The molecule has 1 aliphatic carbocycles. The Kier molecular flexibility index (Phi) is 3.14. The average molecular weight is 227 g/mol. The molecule has 0 bridgehead atoms. The van der Waals surface area contributed by atoms with Crippen LogP contribution in [0.25, 0.3) is 0 Å². The number of hydrogen-bond acceptors (Lipinski definition) is 3. The van der Waals surface area contributed by atoms with Crippen molar-refractivity contribution in [2.75, 3.05) is 6.61 Å². The number of carboxylic acid groups (broad SMARTS) is 1. The van der Waals surface area contributed by atoms with Gasteiger partial charge in [0.25, 0.3) is 5.91 Å². The predicted molar refractivity (Wildman–Crippen MR) is 55.9 cm³/mol. The molecule has 1 heterocycles. The van der Waals surface area contributed by atoms with Crippen LogP contribution in [-0.4, -0.2) is 46.7 Å². The number of carboxylic acids is 1. The Morgan fingerprint density at radius 3 is 2.50 bits per heavy atom. The Balaban J connectivity index is 2.06. The summed E-state index contributed by atoms with van der Waals surface area (Å²) in [6.07, 6.45) is 3.01. The fourth-order valence-electron chi connectivity index (χ4n) is 2.10. The Labute approximate surface area is 94.4 Å². The highest BCUT2D eigenvalue weighted by Crippen LogP contribution is 2.30. The zero-order chi connectivity index (χ0) is 11.7. The largest absolute Gasteiger partial charge is 0.480 e. The number of carbonyl (C=O) groups excluding carboxylic acids is 1. The van der Waals surface area contributed by atoms with Crippen LogP contribution in [0.2, 0.25) is 0 Å². The van der Waals surface area contributed by atoms with Gasteiger partial charge in [-0.3, -0.25) is 4.79 Å². The van der Waals surface area contributed by atoms with Crippen LogP contribution < -0.4 is 0 Å². The molecule has 2 atom stereocenters. The topological polar surface area (TPSA) is 66.8 Å². The first-order valence-corrected chi connectivity index (χ1v) is 5.78. The third-order valence-corrected chi connectivity index (χ3v) is 3.17. The van der Waals surface area contributed by atoms with Crippen LogP contribution in [0.15, 0.2) is 0 Å². The molecule has 5 heteroatoms. The lowest BCUT2D eigenvalue weighted by molar-refractivity contribution is -0.154. The van der Waals surface area contributed by atoms with Crippen LogP contribution in [0, 0.1) is 0 Å². The molecule has 1 saturated carbocycles. The van der Waals surface area contributed by atoms with Gasteiger partial charge < -0.3 is 14.7 Å². The zero-order valence-corrected chi connectivity index (χ0v) is 9.39. The van der Waals surface area contributed by atoms with E-state index in [1.54, 1.807) is 6.92 Å². The summed E-state index contributed by atoms with van der Waals surface area (Å²) >= 11 is 0. The molecule has 2 aliphatic rings. The minimum Gasteiger partial charge on any atom is -0.480 e. The third kappa shape index (κ3) is 2.19. The molecule has 0 spiro atoms. The second kappa shape index (κ2) is 4.41. The maximum Gasteiger partial charge on any atom is 0.326 e. The van der Waals surface area contributed by atoms with Crippen molar-refractivity contribution in [3.8, 4) is 0 Å². The molecular weight excluding hydrogens is 210 g/mol. The van der Waals surface area contributed by atoms with Gasteiger partial charge >= 0.3 is 5.97 Å². The standard InChI is InChI=1S/C11H17NO4/c1-7(11(14)15)12(8-4-5-8)10(13)9-3-2-6-16-9/h7-9H,2-6H2,1H3,(H,14,15)/t7?,9-/m0/s1. The van der Waals surface area contributed by atoms with Crippen LogP contribution in [0.5, 0.6) is 0 Å². The maximum atomic E-state index is 12.1. The summed E-state index contributed by atoms with van der Waals surface area (Å²) in [4.78, 5) is 24.6. The second-order valence-corrected chi connectivity index (χ2v) is 4.49. The molecule has 1 N–H and O–H groups in total. The summed E-state index contributed by atoms with van der Waals surface area (Å²) in [7, 11) is 0. The molecule has 0 aromatic heterocycles. The van der Waals surface area contributed by atoms with E-state index in [1.807, 2.05) is 0 Å². The average Bonchev–Trinajstić information content (AvgIpc) is 2.93. The molecule has 2 rings (SSSR count). The quantitative estimate of drug-likeness (QED) is 0.765. The first-order valence-electron chi connectivity index (χ1n) is 5.78. The van der Waals surface area contributed by atoms with E-state index >= 15 is 0 Å². The van der Waals surface area contributed by atoms with Gasteiger partial charge in [-0.25, -0.2) is 4.79 Å². The second-order valence-electron chi connectivity index (χ2n) is 4.49. The molecule has 0 aromatic carbocycles. The molecule has 1 aliphatic heterocycles. The molecule has 1 saturated heterocycles. The van der Waals surface area contributed by atoms with Gasteiger partial charge in [0, 0.05) is 12.6 Å². The van der Waals surface area contributed by atoms with Crippen molar-refractivity contribution in [1.82, 2.24) is 4.90 Å². The molecule has 5 nitrogen and oxygen atoms in total. The highest BCUT2D eigenvalue weighted by molar-refractivity contribution is 5.87. The summed E-state index contributed by atoms with van der Waals surface area (Å²) in [6, 6.07) is -0.632. The Hall–Kier alpha value is -1.10. The number of carbonyl (C=O) groups is 2. The van der Waals surface area contributed by atoms with Crippen LogP contribution in [-0.2, 0) is 14.3 Å². The van der Waals surface area contributed by atoms with E-state index in [-0.39, 0.29) is 11.9 Å². The van der Waals surface area contributed by atoms with Crippen molar-refractivity contribution in [2.24, 2.45) is 0 Å². The van der Waals surface area contributed by atoms with E-state index in [0.29, 0.717) is 13.0 Å². The van der Waals surface area contributed by atoms with Crippen molar-refractivity contribution in [2.45, 2.75) is 50.8 Å². The van der Waals surface area contributed by atoms with Gasteiger partial charge in [-0.1, -0.05) is 0 Å². The van der Waals surface area contributed by atoms with Gasteiger partial charge in [0.15, 0.2) is 0 Å². The number of hydrogen-bond donors (Lipinski definition) is 1. The van der Waals surface area contributed by atoms with Gasteiger partial charge in [-0.05, 0) is 32.6 Å². The molecule has 1 amide bonds. The molecular formula is C11H17NO4. The number of amides is 1. The molecule has 90 valence electrons. The fraction of sp³-hybridized carbons (Fsp3) is 0.818. The van der Waals surface area contributed by atoms with E-state index in [0.717, 1.165) is 19.3 Å². The smallest absolute Gasteiger partial charge is 0.326 e. The van der Waals surface area contributed by atoms with Gasteiger partial charge in [0.1, 0.15) is 12.1 Å². The Morgan fingerprint density at radius 2 is 2.06 bits per heavy atom.